The Balaban J connectivity index is 2.10. The minimum absolute atomic E-state index is 0.474. The molecular weight excluding hydrogens is 252 g/mol. The Hall–Kier alpha value is -1.58. The summed E-state index contributed by atoms with van der Waals surface area (Å²) >= 11 is 0. The molecule has 20 heavy (non-hydrogen) atoms. The van der Waals surface area contributed by atoms with Crippen molar-refractivity contribution in [3.63, 3.8) is 0 Å². The smallest absolute Gasteiger partial charge is 0.162 e. The van der Waals surface area contributed by atoms with Crippen LogP contribution in [0.15, 0.2) is 12.1 Å². The largest absolute Gasteiger partial charge is 0.493 e. The molecule has 0 radical (unpaired) electrons. The van der Waals surface area contributed by atoms with Crippen LogP contribution < -0.4 is 20.5 Å². The summed E-state index contributed by atoms with van der Waals surface area (Å²) in [5.41, 5.74) is 8.21. The zero-order valence-electron chi connectivity index (χ0n) is 13.0. The molecule has 4 nitrogen and oxygen atoms in total. The fourth-order valence-electron chi connectivity index (χ4n) is 2.78. The third kappa shape index (κ3) is 3.30. The maximum Gasteiger partial charge on any atom is 0.162 e. The molecule has 1 aromatic carbocycles. The molecule has 1 fully saturated rings. The Bertz CT molecular complexity index is 462. The summed E-state index contributed by atoms with van der Waals surface area (Å²) < 4.78 is 10.6. The van der Waals surface area contributed by atoms with Crippen LogP contribution in [0.25, 0.3) is 0 Å². The molecule has 0 aliphatic heterocycles. The van der Waals surface area contributed by atoms with E-state index in [9.17, 15) is 0 Å². The van der Waals surface area contributed by atoms with Gasteiger partial charge in [-0.05, 0) is 31.1 Å². The lowest BCUT2D eigenvalue weighted by Gasteiger charge is -2.35. The van der Waals surface area contributed by atoms with Crippen LogP contribution >= 0.6 is 0 Å². The maximum atomic E-state index is 6.09. The molecule has 1 saturated carbocycles. The lowest BCUT2D eigenvalue weighted by atomic mass is 9.75. The minimum Gasteiger partial charge on any atom is -0.493 e. The number of benzene rings is 1. The van der Waals surface area contributed by atoms with Crippen molar-refractivity contribution in [2.75, 3.05) is 25.3 Å². The van der Waals surface area contributed by atoms with Gasteiger partial charge in [-0.2, -0.15) is 0 Å². The van der Waals surface area contributed by atoms with Gasteiger partial charge < -0.3 is 20.5 Å². The van der Waals surface area contributed by atoms with Crippen molar-refractivity contribution in [3.05, 3.63) is 12.1 Å². The fraction of sp³-hybridized carbons (Fsp3) is 0.625. The standard InChI is InChI=1S/C16H26N2O2/c1-16(2)7-5-11(6-8-16)18-13-10-15(20-4)14(19-3)9-12(13)17/h9-11,18H,5-8,17H2,1-4H3. The van der Waals surface area contributed by atoms with Crippen LogP contribution in [0.3, 0.4) is 0 Å². The summed E-state index contributed by atoms with van der Waals surface area (Å²) in [5.74, 6) is 1.38. The summed E-state index contributed by atoms with van der Waals surface area (Å²) in [6.45, 7) is 4.68. The van der Waals surface area contributed by atoms with E-state index in [1.807, 2.05) is 12.1 Å². The molecule has 1 aromatic rings. The van der Waals surface area contributed by atoms with Crippen molar-refractivity contribution in [2.24, 2.45) is 5.41 Å². The molecule has 0 heterocycles. The topological polar surface area (TPSA) is 56.5 Å². The molecule has 1 aliphatic carbocycles. The van der Waals surface area contributed by atoms with Gasteiger partial charge in [-0.15, -0.1) is 0 Å². The second-order valence-corrected chi connectivity index (χ2v) is 6.38. The predicted octanol–water partition coefficient (Wildman–Crippen LogP) is 3.67. The Labute approximate surface area is 121 Å². The summed E-state index contributed by atoms with van der Waals surface area (Å²) in [5, 5.41) is 3.55. The number of hydrogen-bond acceptors (Lipinski definition) is 4. The van der Waals surface area contributed by atoms with E-state index < -0.39 is 0 Å². The highest BCUT2D eigenvalue weighted by molar-refractivity contribution is 5.72. The van der Waals surface area contributed by atoms with E-state index in [1.54, 1.807) is 14.2 Å². The Kier molecular flexibility index (Phi) is 4.31. The van der Waals surface area contributed by atoms with Gasteiger partial charge in [0.2, 0.25) is 0 Å². The van der Waals surface area contributed by atoms with Gasteiger partial charge in [0.15, 0.2) is 11.5 Å². The van der Waals surface area contributed by atoms with Gasteiger partial charge in [-0.25, -0.2) is 0 Å². The summed E-state index contributed by atoms with van der Waals surface area (Å²) in [4.78, 5) is 0. The van der Waals surface area contributed by atoms with Crippen LogP contribution in [0.4, 0.5) is 11.4 Å². The van der Waals surface area contributed by atoms with E-state index in [0.717, 1.165) is 5.69 Å². The second-order valence-electron chi connectivity index (χ2n) is 6.38. The van der Waals surface area contributed by atoms with Crippen molar-refractivity contribution in [1.82, 2.24) is 0 Å². The highest BCUT2D eigenvalue weighted by atomic mass is 16.5. The zero-order chi connectivity index (χ0) is 14.8. The second kappa shape index (κ2) is 5.81. The van der Waals surface area contributed by atoms with Crippen molar-refractivity contribution < 1.29 is 9.47 Å². The van der Waals surface area contributed by atoms with Gasteiger partial charge in [0.25, 0.3) is 0 Å². The number of rotatable bonds is 4. The number of nitrogens with one attached hydrogen (secondary N) is 1. The van der Waals surface area contributed by atoms with Gasteiger partial charge in [0, 0.05) is 18.2 Å². The molecule has 0 aromatic heterocycles. The normalized spacial score (nSPS) is 18.6. The third-order valence-corrected chi connectivity index (χ3v) is 4.25. The van der Waals surface area contributed by atoms with Crippen LogP contribution in [0, 0.1) is 5.41 Å². The van der Waals surface area contributed by atoms with E-state index in [1.165, 1.54) is 25.7 Å². The number of methoxy groups -OCH3 is 2. The highest BCUT2D eigenvalue weighted by Gasteiger charge is 2.27. The molecule has 0 bridgehead atoms. The van der Waals surface area contributed by atoms with Gasteiger partial charge >= 0.3 is 0 Å². The summed E-state index contributed by atoms with van der Waals surface area (Å²) in [6, 6.07) is 4.23. The zero-order valence-corrected chi connectivity index (χ0v) is 13.0. The Morgan fingerprint density at radius 2 is 1.65 bits per heavy atom. The van der Waals surface area contributed by atoms with Crippen molar-refractivity contribution >= 4 is 11.4 Å². The van der Waals surface area contributed by atoms with Gasteiger partial charge in [-0.1, -0.05) is 13.8 Å². The summed E-state index contributed by atoms with van der Waals surface area (Å²) in [6.07, 6.45) is 4.86. The van der Waals surface area contributed by atoms with Crippen LogP contribution in [-0.4, -0.2) is 20.3 Å². The van der Waals surface area contributed by atoms with E-state index in [0.29, 0.717) is 28.6 Å². The van der Waals surface area contributed by atoms with Crippen molar-refractivity contribution in [2.45, 2.75) is 45.6 Å². The first-order valence-corrected chi connectivity index (χ1v) is 7.23. The van der Waals surface area contributed by atoms with Crippen LogP contribution in [-0.2, 0) is 0 Å². The van der Waals surface area contributed by atoms with Crippen LogP contribution in [0.1, 0.15) is 39.5 Å². The maximum absolute atomic E-state index is 6.09. The lowest BCUT2D eigenvalue weighted by molar-refractivity contribution is 0.232. The van der Waals surface area contributed by atoms with E-state index in [-0.39, 0.29) is 0 Å². The Morgan fingerprint density at radius 1 is 1.10 bits per heavy atom. The molecule has 3 N–H and O–H groups in total. The Morgan fingerprint density at radius 3 is 2.20 bits per heavy atom. The van der Waals surface area contributed by atoms with Crippen molar-refractivity contribution in [1.29, 1.82) is 0 Å². The van der Waals surface area contributed by atoms with E-state index >= 15 is 0 Å². The number of nitrogen functional groups attached to an aromatic ring is 1. The molecule has 0 atom stereocenters. The fourth-order valence-corrected chi connectivity index (χ4v) is 2.78. The number of nitrogens with two attached hydrogens (primary N) is 1. The third-order valence-electron chi connectivity index (χ3n) is 4.25. The lowest BCUT2D eigenvalue weighted by Crippen LogP contribution is -2.30. The first-order valence-electron chi connectivity index (χ1n) is 7.23. The van der Waals surface area contributed by atoms with Crippen molar-refractivity contribution in [3.8, 4) is 11.5 Å². The molecule has 1 aliphatic rings. The summed E-state index contributed by atoms with van der Waals surface area (Å²) in [7, 11) is 3.26. The van der Waals surface area contributed by atoms with E-state index in [4.69, 9.17) is 15.2 Å². The van der Waals surface area contributed by atoms with Gasteiger partial charge in [0.1, 0.15) is 0 Å². The SMILES string of the molecule is COc1cc(N)c(NC2CCC(C)(C)CC2)cc1OC. The molecule has 0 amide bonds. The van der Waals surface area contributed by atoms with Gasteiger partial charge in [0.05, 0.1) is 25.6 Å². The first kappa shape index (κ1) is 14.8. The van der Waals surface area contributed by atoms with Crippen LogP contribution in [0.5, 0.6) is 11.5 Å². The molecule has 4 heteroatoms. The molecular formula is C16H26N2O2. The molecule has 0 spiro atoms. The number of ether oxygens (including phenoxy) is 2. The molecule has 0 saturated heterocycles. The van der Waals surface area contributed by atoms with E-state index in [2.05, 4.69) is 19.2 Å². The van der Waals surface area contributed by atoms with Gasteiger partial charge in [-0.3, -0.25) is 0 Å². The monoisotopic (exact) mass is 278 g/mol. The predicted molar refractivity (Wildman–Crippen MR) is 83.6 cm³/mol. The minimum atomic E-state index is 0.474. The number of anilines is 2. The quantitative estimate of drug-likeness (QED) is 0.825. The average Bonchev–Trinajstić information content (AvgIpc) is 2.42. The number of hydrogen-bond donors (Lipinski definition) is 2. The molecule has 112 valence electrons. The van der Waals surface area contributed by atoms with Crippen LogP contribution in [0.2, 0.25) is 0 Å². The first-order chi connectivity index (χ1) is 9.45. The average molecular weight is 278 g/mol. The molecule has 0 unspecified atom stereocenters. The highest BCUT2D eigenvalue weighted by Crippen LogP contribution is 2.39. The molecule has 2 rings (SSSR count).